The molecule has 2 aromatic rings. The first-order valence-electron chi connectivity index (χ1n) is 7.94. The third-order valence-corrected chi connectivity index (χ3v) is 4.90. The van der Waals surface area contributed by atoms with Crippen molar-refractivity contribution in [2.75, 3.05) is 18.4 Å². The Kier molecular flexibility index (Phi) is 5.08. The van der Waals surface area contributed by atoms with Gasteiger partial charge >= 0.3 is 0 Å². The first-order valence-corrected chi connectivity index (χ1v) is 8.82. The van der Waals surface area contributed by atoms with E-state index in [0.29, 0.717) is 25.1 Å². The molecular formula is C17H17F2N3O2S. The second-order valence-corrected chi connectivity index (χ2v) is 6.98. The van der Waals surface area contributed by atoms with Crippen LogP contribution >= 0.6 is 11.3 Å². The third kappa shape index (κ3) is 4.19. The molecule has 5 nitrogen and oxygen atoms in total. The van der Waals surface area contributed by atoms with E-state index in [4.69, 9.17) is 0 Å². The predicted octanol–water partition coefficient (Wildman–Crippen LogP) is 3.55. The summed E-state index contributed by atoms with van der Waals surface area (Å²) in [5.41, 5.74) is 0.117. The molecule has 1 N–H and O–H groups in total. The predicted molar refractivity (Wildman–Crippen MR) is 90.7 cm³/mol. The van der Waals surface area contributed by atoms with Crippen LogP contribution in [0.3, 0.4) is 0 Å². The van der Waals surface area contributed by atoms with Crippen molar-refractivity contribution in [1.29, 1.82) is 0 Å². The molecule has 0 aliphatic carbocycles. The highest BCUT2D eigenvalue weighted by Crippen LogP contribution is 2.21. The van der Waals surface area contributed by atoms with E-state index in [-0.39, 0.29) is 22.3 Å². The van der Waals surface area contributed by atoms with E-state index in [1.54, 1.807) is 10.3 Å². The van der Waals surface area contributed by atoms with Gasteiger partial charge in [0.25, 0.3) is 11.8 Å². The van der Waals surface area contributed by atoms with Crippen LogP contribution in [0.15, 0.2) is 23.6 Å². The molecule has 132 valence electrons. The highest BCUT2D eigenvalue weighted by molar-refractivity contribution is 7.14. The van der Waals surface area contributed by atoms with Crippen molar-refractivity contribution in [3.8, 4) is 0 Å². The molecule has 8 heteroatoms. The summed E-state index contributed by atoms with van der Waals surface area (Å²) in [6.45, 7) is 3.55. The molecule has 0 bridgehead atoms. The molecule has 1 aromatic heterocycles. The zero-order valence-corrected chi connectivity index (χ0v) is 14.4. The maximum atomic E-state index is 13.2. The Hall–Kier alpha value is -2.35. The average Bonchev–Trinajstić information content (AvgIpc) is 3.02. The fraction of sp³-hybridized carbons (Fsp3) is 0.353. The summed E-state index contributed by atoms with van der Waals surface area (Å²) >= 11 is 1.10. The van der Waals surface area contributed by atoms with E-state index < -0.39 is 17.5 Å². The Morgan fingerprint density at radius 1 is 1.20 bits per heavy atom. The number of likely N-dealkylation sites (tertiary alicyclic amines) is 1. The number of anilines is 1. The lowest BCUT2D eigenvalue weighted by Gasteiger charge is -2.29. The van der Waals surface area contributed by atoms with Gasteiger partial charge in [-0.3, -0.25) is 14.9 Å². The molecule has 0 radical (unpaired) electrons. The Bertz CT molecular complexity index is 781. The number of carbonyl (C=O) groups excluding carboxylic acids is 2. The van der Waals surface area contributed by atoms with Crippen LogP contribution in [0.25, 0.3) is 0 Å². The van der Waals surface area contributed by atoms with Gasteiger partial charge in [0, 0.05) is 30.1 Å². The normalized spacial score (nSPS) is 15.2. The Morgan fingerprint density at radius 2 is 1.84 bits per heavy atom. The average molecular weight is 365 g/mol. The van der Waals surface area contributed by atoms with Gasteiger partial charge in [-0.2, -0.15) is 0 Å². The van der Waals surface area contributed by atoms with Crippen LogP contribution in [0.5, 0.6) is 0 Å². The number of piperidine rings is 1. The molecule has 0 unspecified atom stereocenters. The van der Waals surface area contributed by atoms with Gasteiger partial charge in [0.05, 0.1) is 0 Å². The van der Waals surface area contributed by atoms with E-state index in [2.05, 4.69) is 17.2 Å². The lowest BCUT2D eigenvalue weighted by molar-refractivity contribution is 0.0692. The SMILES string of the molecule is CC1CCN(C(=O)c2csc(NC(=O)c3cc(F)cc(F)c3)n2)CC1. The molecule has 1 aliphatic heterocycles. The van der Waals surface area contributed by atoms with Gasteiger partial charge in [0.2, 0.25) is 0 Å². The molecular weight excluding hydrogens is 348 g/mol. The minimum atomic E-state index is -0.834. The topological polar surface area (TPSA) is 62.3 Å². The lowest BCUT2D eigenvalue weighted by Crippen LogP contribution is -2.38. The minimum Gasteiger partial charge on any atom is -0.337 e. The lowest BCUT2D eigenvalue weighted by atomic mass is 9.99. The monoisotopic (exact) mass is 365 g/mol. The van der Waals surface area contributed by atoms with Crippen molar-refractivity contribution in [1.82, 2.24) is 9.88 Å². The maximum absolute atomic E-state index is 13.2. The van der Waals surface area contributed by atoms with E-state index >= 15 is 0 Å². The zero-order chi connectivity index (χ0) is 18.0. The number of carbonyl (C=O) groups is 2. The van der Waals surface area contributed by atoms with E-state index in [9.17, 15) is 18.4 Å². The molecule has 1 saturated heterocycles. The minimum absolute atomic E-state index is 0.148. The first kappa shape index (κ1) is 17.5. The highest BCUT2D eigenvalue weighted by atomic mass is 32.1. The molecule has 25 heavy (non-hydrogen) atoms. The van der Waals surface area contributed by atoms with Gasteiger partial charge in [-0.15, -0.1) is 11.3 Å². The zero-order valence-electron chi connectivity index (χ0n) is 13.6. The number of nitrogens with zero attached hydrogens (tertiary/aromatic N) is 2. The second-order valence-electron chi connectivity index (χ2n) is 6.12. The quantitative estimate of drug-likeness (QED) is 0.905. The molecule has 0 saturated carbocycles. The van der Waals surface area contributed by atoms with Gasteiger partial charge in [-0.05, 0) is 30.9 Å². The summed E-state index contributed by atoms with van der Waals surface area (Å²) < 4.78 is 26.4. The summed E-state index contributed by atoms with van der Waals surface area (Å²) in [5.74, 6) is -1.90. The van der Waals surface area contributed by atoms with Crippen LogP contribution in [-0.4, -0.2) is 34.8 Å². The number of amides is 2. The number of hydrogen-bond donors (Lipinski definition) is 1. The summed E-state index contributed by atoms with van der Waals surface area (Å²) in [6.07, 6.45) is 1.93. The standard InChI is InChI=1S/C17H17F2N3O2S/c1-10-2-4-22(5-3-10)16(24)14-9-25-17(20-14)21-15(23)11-6-12(18)8-13(19)7-11/h6-10H,2-5H2,1H3,(H,20,21,23). The number of thiazole rings is 1. The van der Waals surface area contributed by atoms with Crippen LogP contribution in [-0.2, 0) is 0 Å². The summed E-state index contributed by atoms with van der Waals surface area (Å²) in [5, 5.41) is 4.25. The number of nitrogens with one attached hydrogen (secondary N) is 1. The van der Waals surface area contributed by atoms with E-state index in [0.717, 1.165) is 36.3 Å². The fourth-order valence-electron chi connectivity index (χ4n) is 2.66. The van der Waals surface area contributed by atoms with E-state index in [1.165, 1.54) is 0 Å². The first-order chi connectivity index (χ1) is 11.9. The van der Waals surface area contributed by atoms with Crippen LogP contribution in [0, 0.1) is 17.6 Å². The third-order valence-electron chi connectivity index (χ3n) is 4.14. The van der Waals surface area contributed by atoms with Gasteiger partial charge in [-0.1, -0.05) is 6.92 Å². The molecule has 0 atom stereocenters. The van der Waals surface area contributed by atoms with Crippen molar-refractivity contribution in [2.24, 2.45) is 5.92 Å². The molecule has 1 aromatic carbocycles. The van der Waals surface area contributed by atoms with E-state index in [1.807, 2.05) is 0 Å². The Morgan fingerprint density at radius 3 is 2.48 bits per heavy atom. The van der Waals surface area contributed by atoms with Crippen LogP contribution < -0.4 is 5.32 Å². The van der Waals surface area contributed by atoms with Crippen molar-refractivity contribution in [2.45, 2.75) is 19.8 Å². The van der Waals surface area contributed by atoms with Gasteiger partial charge < -0.3 is 4.90 Å². The van der Waals surface area contributed by atoms with Gasteiger partial charge in [-0.25, -0.2) is 13.8 Å². The maximum Gasteiger partial charge on any atom is 0.273 e. The number of halogens is 2. The van der Waals surface area contributed by atoms with Crippen LogP contribution in [0.2, 0.25) is 0 Å². The summed E-state index contributed by atoms with van der Waals surface area (Å²) in [6, 6.07) is 2.57. The van der Waals surface area contributed by atoms with Crippen LogP contribution in [0.1, 0.15) is 40.6 Å². The van der Waals surface area contributed by atoms with Gasteiger partial charge in [0.15, 0.2) is 5.13 Å². The molecule has 2 amide bonds. The second kappa shape index (κ2) is 7.26. The molecule has 2 heterocycles. The molecule has 1 aliphatic rings. The number of aromatic nitrogens is 1. The Balaban J connectivity index is 1.67. The summed E-state index contributed by atoms with van der Waals surface area (Å²) in [4.78, 5) is 30.4. The summed E-state index contributed by atoms with van der Waals surface area (Å²) in [7, 11) is 0. The van der Waals surface area contributed by atoms with Crippen molar-refractivity contribution < 1.29 is 18.4 Å². The van der Waals surface area contributed by atoms with Crippen LogP contribution in [0.4, 0.5) is 13.9 Å². The molecule has 3 rings (SSSR count). The fourth-order valence-corrected chi connectivity index (χ4v) is 3.34. The highest BCUT2D eigenvalue weighted by Gasteiger charge is 2.23. The Labute approximate surface area is 147 Å². The largest absolute Gasteiger partial charge is 0.337 e. The molecule has 1 fully saturated rings. The number of benzene rings is 1. The smallest absolute Gasteiger partial charge is 0.273 e. The van der Waals surface area contributed by atoms with Crippen molar-refractivity contribution >= 4 is 28.3 Å². The molecule has 0 spiro atoms. The number of hydrogen-bond acceptors (Lipinski definition) is 4. The van der Waals surface area contributed by atoms with Crippen molar-refractivity contribution in [3.63, 3.8) is 0 Å². The number of rotatable bonds is 3. The van der Waals surface area contributed by atoms with Gasteiger partial charge in [0.1, 0.15) is 17.3 Å². The van der Waals surface area contributed by atoms with Crippen molar-refractivity contribution in [3.05, 3.63) is 46.5 Å².